The molecule has 0 bridgehead atoms. The summed E-state index contributed by atoms with van der Waals surface area (Å²) in [6, 6.07) is 17.8. The molecule has 0 aliphatic heterocycles. The first-order chi connectivity index (χ1) is 9.78. The van der Waals surface area contributed by atoms with Gasteiger partial charge in [0.25, 0.3) is 0 Å². The maximum atomic E-state index is 6.05. The summed E-state index contributed by atoms with van der Waals surface area (Å²) in [7, 11) is 0. The number of para-hydroxylation sites is 1. The highest BCUT2D eigenvalue weighted by molar-refractivity contribution is 6.30. The number of rotatable bonds is 7. The summed E-state index contributed by atoms with van der Waals surface area (Å²) in [6.07, 6.45) is 1.87. The Labute approximate surface area is 130 Å². The molecule has 1 unspecified atom stereocenters. The fourth-order valence-corrected chi connectivity index (χ4v) is 2.57. The molecule has 1 atom stereocenters. The summed E-state index contributed by atoms with van der Waals surface area (Å²) in [4.78, 5) is 0. The fraction of sp³-hybridized carbons (Fsp3) is 0.294. The number of hydrogen-bond acceptors (Lipinski definition) is 1. The van der Waals surface area contributed by atoms with Gasteiger partial charge in [0.05, 0.1) is 6.61 Å². The van der Waals surface area contributed by atoms with Gasteiger partial charge in [0.2, 0.25) is 0 Å². The maximum absolute atomic E-state index is 6.05. The van der Waals surface area contributed by atoms with E-state index in [1.54, 1.807) is 0 Å². The van der Waals surface area contributed by atoms with Crippen LogP contribution in [0.15, 0.2) is 54.6 Å². The van der Waals surface area contributed by atoms with Gasteiger partial charge in [-0.2, -0.15) is 0 Å². The van der Waals surface area contributed by atoms with Gasteiger partial charge >= 0.3 is 0 Å². The molecule has 3 heteroatoms. The number of alkyl halides is 1. The Morgan fingerprint density at radius 1 is 1.00 bits per heavy atom. The molecule has 0 amide bonds. The van der Waals surface area contributed by atoms with Gasteiger partial charge in [0, 0.05) is 10.9 Å². The molecule has 0 spiro atoms. The summed E-state index contributed by atoms with van der Waals surface area (Å²) < 4.78 is 5.72. The summed E-state index contributed by atoms with van der Waals surface area (Å²) in [5.41, 5.74) is 1.22. The minimum Gasteiger partial charge on any atom is -0.494 e. The van der Waals surface area contributed by atoms with Gasteiger partial charge in [-0.15, -0.1) is 11.6 Å². The van der Waals surface area contributed by atoms with E-state index in [2.05, 4.69) is 6.07 Å². The monoisotopic (exact) mass is 308 g/mol. The summed E-state index contributed by atoms with van der Waals surface area (Å²) in [5, 5.41) is 0.774. The van der Waals surface area contributed by atoms with Gasteiger partial charge < -0.3 is 4.74 Å². The highest BCUT2D eigenvalue weighted by Gasteiger charge is 2.09. The molecular weight excluding hydrogens is 291 g/mol. The average molecular weight is 309 g/mol. The molecule has 0 fully saturated rings. The Morgan fingerprint density at radius 2 is 1.80 bits per heavy atom. The van der Waals surface area contributed by atoms with E-state index in [1.807, 2.05) is 48.5 Å². The van der Waals surface area contributed by atoms with E-state index in [4.69, 9.17) is 27.9 Å². The highest BCUT2D eigenvalue weighted by Crippen LogP contribution is 2.18. The predicted octanol–water partition coefficient (Wildman–Crippen LogP) is 5.21. The van der Waals surface area contributed by atoms with Crippen LogP contribution in [0.3, 0.4) is 0 Å². The van der Waals surface area contributed by atoms with Crippen molar-refractivity contribution in [3.63, 3.8) is 0 Å². The molecule has 2 aromatic rings. The normalized spacial score (nSPS) is 12.1. The van der Waals surface area contributed by atoms with Crippen molar-refractivity contribution in [1.82, 2.24) is 0 Å². The molecule has 0 aliphatic carbocycles. The van der Waals surface area contributed by atoms with Crippen molar-refractivity contribution in [2.24, 2.45) is 5.92 Å². The lowest BCUT2D eigenvalue weighted by Gasteiger charge is -2.14. The van der Waals surface area contributed by atoms with Gasteiger partial charge in [-0.05, 0) is 48.6 Å². The van der Waals surface area contributed by atoms with Crippen molar-refractivity contribution >= 4 is 23.2 Å². The minimum absolute atomic E-state index is 0.402. The van der Waals surface area contributed by atoms with Crippen LogP contribution in [0.2, 0.25) is 5.02 Å². The van der Waals surface area contributed by atoms with Crippen molar-refractivity contribution in [3.05, 3.63) is 65.2 Å². The van der Waals surface area contributed by atoms with E-state index < -0.39 is 0 Å². The van der Waals surface area contributed by atoms with E-state index in [0.717, 1.165) is 23.6 Å². The van der Waals surface area contributed by atoms with Crippen LogP contribution in [0.1, 0.15) is 12.0 Å². The zero-order chi connectivity index (χ0) is 14.2. The van der Waals surface area contributed by atoms with Crippen LogP contribution in [0.25, 0.3) is 0 Å². The van der Waals surface area contributed by atoms with Gasteiger partial charge in [-0.3, -0.25) is 0 Å². The molecule has 0 aromatic heterocycles. The minimum atomic E-state index is 0.402. The number of ether oxygens (including phenoxy) is 1. The van der Waals surface area contributed by atoms with Crippen molar-refractivity contribution in [3.8, 4) is 5.75 Å². The standard InChI is InChI=1S/C17H18Cl2O/c18-13-15(11-14-5-4-6-16(19)12-14)9-10-20-17-7-2-1-3-8-17/h1-8,12,15H,9-11,13H2. The largest absolute Gasteiger partial charge is 0.494 e. The summed E-state index contributed by atoms with van der Waals surface area (Å²) in [5.74, 6) is 1.94. The van der Waals surface area contributed by atoms with Gasteiger partial charge in [-0.25, -0.2) is 0 Å². The highest BCUT2D eigenvalue weighted by atomic mass is 35.5. The van der Waals surface area contributed by atoms with Crippen LogP contribution in [-0.2, 0) is 6.42 Å². The molecule has 0 saturated carbocycles. The Morgan fingerprint density at radius 3 is 2.50 bits per heavy atom. The first-order valence-corrected chi connectivity index (χ1v) is 7.67. The maximum Gasteiger partial charge on any atom is 0.119 e. The Balaban J connectivity index is 1.80. The van der Waals surface area contributed by atoms with Gasteiger partial charge in [-0.1, -0.05) is 41.9 Å². The third kappa shape index (κ3) is 5.07. The molecule has 0 radical (unpaired) electrons. The molecule has 2 rings (SSSR count). The van der Waals surface area contributed by atoms with Crippen molar-refractivity contribution in [1.29, 1.82) is 0 Å². The van der Waals surface area contributed by atoms with Crippen molar-refractivity contribution < 1.29 is 4.74 Å². The van der Waals surface area contributed by atoms with E-state index >= 15 is 0 Å². The second-order valence-electron chi connectivity index (χ2n) is 4.80. The average Bonchev–Trinajstić information content (AvgIpc) is 2.47. The lowest BCUT2D eigenvalue weighted by Crippen LogP contribution is -2.11. The van der Waals surface area contributed by atoms with Crippen LogP contribution in [-0.4, -0.2) is 12.5 Å². The number of halogens is 2. The zero-order valence-corrected chi connectivity index (χ0v) is 12.8. The molecule has 106 valence electrons. The van der Waals surface area contributed by atoms with Crippen molar-refractivity contribution in [2.45, 2.75) is 12.8 Å². The topological polar surface area (TPSA) is 9.23 Å². The molecule has 1 nitrogen and oxygen atoms in total. The quantitative estimate of drug-likeness (QED) is 0.638. The number of benzene rings is 2. The van der Waals surface area contributed by atoms with E-state index in [0.29, 0.717) is 18.4 Å². The third-order valence-electron chi connectivity index (χ3n) is 3.17. The SMILES string of the molecule is ClCC(CCOc1ccccc1)Cc1cccc(Cl)c1. The number of hydrogen-bond donors (Lipinski definition) is 0. The van der Waals surface area contributed by atoms with Crippen LogP contribution < -0.4 is 4.74 Å². The van der Waals surface area contributed by atoms with Crippen molar-refractivity contribution in [2.75, 3.05) is 12.5 Å². The van der Waals surface area contributed by atoms with Gasteiger partial charge in [0.1, 0.15) is 5.75 Å². The van der Waals surface area contributed by atoms with Crippen LogP contribution in [0.4, 0.5) is 0 Å². The van der Waals surface area contributed by atoms with Crippen LogP contribution >= 0.6 is 23.2 Å². The third-order valence-corrected chi connectivity index (χ3v) is 3.84. The van der Waals surface area contributed by atoms with Crippen LogP contribution in [0, 0.1) is 5.92 Å². The molecule has 0 N–H and O–H groups in total. The van der Waals surface area contributed by atoms with E-state index in [1.165, 1.54) is 5.56 Å². The molecule has 0 saturated heterocycles. The Bertz CT molecular complexity index is 513. The van der Waals surface area contributed by atoms with E-state index in [9.17, 15) is 0 Å². The van der Waals surface area contributed by atoms with Crippen LogP contribution in [0.5, 0.6) is 5.75 Å². The smallest absolute Gasteiger partial charge is 0.119 e. The van der Waals surface area contributed by atoms with E-state index in [-0.39, 0.29) is 0 Å². The molecule has 2 aromatic carbocycles. The predicted molar refractivity (Wildman–Crippen MR) is 85.9 cm³/mol. The fourth-order valence-electron chi connectivity index (χ4n) is 2.09. The summed E-state index contributed by atoms with van der Waals surface area (Å²) in [6.45, 7) is 0.683. The molecule has 20 heavy (non-hydrogen) atoms. The Kier molecular flexibility index (Phi) is 6.23. The first kappa shape index (κ1) is 15.2. The zero-order valence-electron chi connectivity index (χ0n) is 11.3. The molecular formula is C17H18Cl2O. The lowest BCUT2D eigenvalue weighted by atomic mass is 9.98. The second kappa shape index (κ2) is 8.18. The van der Waals surface area contributed by atoms with Gasteiger partial charge in [0.15, 0.2) is 0 Å². The lowest BCUT2D eigenvalue weighted by molar-refractivity contribution is 0.284. The Hall–Kier alpha value is -1.18. The molecule has 0 heterocycles. The first-order valence-electron chi connectivity index (χ1n) is 6.76. The second-order valence-corrected chi connectivity index (χ2v) is 5.55. The summed E-state index contributed by atoms with van der Waals surface area (Å²) >= 11 is 12.0. The molecule has 0 aliphatic rings.